The Morgan fingerprint density at radius 2 is 1.85 bits per heavy atom. The molecule has 0 saturated heterocycles. The van der Waals surface area contributed by atoms with Crippen molar-refractivity contribution in [2.45, 2.75) is 26.1 Å². The highest BCUT2D eigenvalue weighted by Gasteiger charge is 2.15. The minimum absolute atomic E-state index is 0.387. The third kappa shape index (κ3) is 4.12. The van der Waals surface area contributed by atoms with Crippen molar-refractivity contribution in [3.05, 3.63) is 0 Å². The van der Waals surface area contributed by atoms with Crippen LogP contribution >= 0.6 is 11.6 Å². The summed E-state index contributed by atoms with van der Waals surface area (Å²) >= 11 is 5.48. The summed E-state index contributed by atoms with van der Waals surface area (Å²) in [6.07, 6.45) is 0. The molecule has 0 saturated carbocycles. The third-order valence-corrected chi connectivity index (χ3v) is 1.84. The molecule has 0 fully saturated rings. The highest BCUT2D eigenvalue weighted by Crippen LogP contribution is 1.94. The first-order chi connectivity index (χ1) is 6.02. The maximum absolute atomic E-state index is 11.3. The second kappa shape index (κ2) is 5.80. The lowest BCUT2D eigenvalue weighted by Gasteiger charge is -2.18. The average Bonchev–Trinajstić information content (AvgIpc) is 2.06. The van der Waals surface area contributed by atoms with Gasteiger partial charge < -0.3 is 4.90 Å². The van der Waals surface area contributed by atoms with Gasteiger partial charge in [-0.25, -0.2) is 4.79 Å². The lowest BCUT2D eigenvalue weighted by Crippen LogP contribution is -2.44. The molecule has 1 unspecified atom stereocenters. The van der Waals surface area contributed by atoms with E-state index in [-0.39, 0.29) is 6.03 Å². The van der Waals surface area contributed by atoms with Crippen molar-refractivity contribution in [1.82, 2.24) is 10.2 Å². The fourth-order valence-corrected chi connectivity index (χ4v) is 0.849. The molecule has 0 rings (SSSR count). The predicted octanol–water partition coefficient (Wildman–Crippen LogP) is 1.19. The van der Waals surface area contributed by atoms with E-state index in [9.17, 15) is 9.59 Å². The van der Waals surface area contributed by atoms with E-state index < -0.39 is 11.3 Å². The molecule has 13 heavy (non-hydrogen) atoms. The van der Waals surface area contributed by atoms with Crippen molar-refractivity contribution in [2.75, 3.05) is 13.1 Å². The SMILES string of the molecule is CCN(CC)C(=O)NC(=O)C(C)Cl. The first kappa shape index (κ1) is 12.2. The van der Waals surface area contributed by atoms with Crippen molar-refractivity contribution in [3.8, 4) is 0 Å². The second-order valence-electron chi connectivity index (χ2n) is 2.58. The summed E-state index contributed by atoms with van der Waals surface area (Å²) in [5.41, 5.74) is 0. The Kier molecular flexibility index (Phi) is 5.46. The number of rotatable bonds is 3. The van der Waals surface area contributed by atoms with Gasteiger partial charge in [0.25, 0.3) is 0 Å². The van der Waals surface area contributed by atoms with E-state index in [2.05, 4.69) is 5.32 Å². The molecule has 0 aliphatic rings. The van der Waals surface area contributed by atoms with E-state index in [1.165, 1.54) is 11.8 Å². The quantitative estimate of drug-likeness (QED) is 0.706. The highest BCUT2D eigenvalue weighted by molar-refractivity contribution is 6.31. The molecule has 1 N–H and O–H groups in total. The molecular formula is C8H15ClN2O2. The Bertz CT molecular complexity index is 191. The Morgan fingerprint density at radius 3 is 2.15 bits per heavy atom. The van der Waals surface area contributed by atoms with Crippen LogP contribution in [0.4, 0.5) is 4.79 Å². The van der Waals surface area contributed by atoms with Crippen LogP contribution in [-0.2, 0) is 4.79 Å². The number of halogens is 1. The number of hydrogen-bond acceptors (Lipinski definition) is 2. The molecule has 1 atom stereocenters. The molecule has 0 aliphatic heterocycles. The standard InChI is InChI=1S/C8H15ClN2O2/c1-4-11(5-2)8(13)10-7(12)6(3)9/h6H,4-5H2,1-3H3,(H,10,12,13). The second-order valence-corrected chi connectivity index (χ2v) is 3.24. The van der Waals surface area contributed by atoms with Crippen LogP contribution < -0.4 is 5.32 Å². The van der Waals surface area contributed by atoms with Crippen LogP contribution in [0, 0.1) is 0 Å². The first-order valence-electron chi connectivity index (χ1n) is 4.26. The van der Waals surface area contributed by atoms with Crippen molar-refractivity contribution in [2.24, 2.45) is 0 Å². The van der Waals surface area contributed by atoms with E-state index in [1.807, 2.05) is 13.8 Å². The highest BCUT2D eigenvalue weighted by atomic mass is 35.5. The van der Waals surface area contributed by atoms with Gasteiger partial charge in [-0.05, 0) is 20.8 Å². The summed E-state index contributed by atoms with van der Waals surface area (Å²) in [5.74, 6) is -0.460. The first-order valence-corrected chi connectivity index (χ1v) is 4.70. The summed E-state index contributed by atoms with van der Waals surface area (Å²) in [4.78, 5) is 23.8. The van der Waals surface area contributed by atoms with Crippen LogP contribution in [0.5, 0.6) is 0 Å². The van der Waals surface area contributed by atoms with Gasteiger partial charge in [0.1, 0.15) is 5.38 Å². The number of carbonyl (C=O) groups is 2. The summed E-state index contributed by atoms with van der Waals surface area (Å²) in [7, 11) is 0. The van der Waals surface area contributed by atoms with Gasteiger partial charge in [0.15, 0.2) is 0 Å². The smallest absolute Gasteiger partial charge is 0.324 e. The zero-order chi connectivity index (χ0) is 10.4. The summed E-state index contributed by atoms with van der Waals surface area (Å²) in [6.45, 7) is 6.36. The molecule has 0 bridgehead atoms. The Morgan fingerprint density at radius 1 is 1.38 bits per heavy atom. The molecule has 0 radical (unpaired) electrons. The van der Waals surface area contributed by atoms with Crippen LogP contribution in [0.15, 0.2) is 0 Å². The van der Waals surface area contributed by atoms with Crippen molar-refractivity contribution in [1.29, 1.82) is 0 Å². The molecule has 0 spiro atoms. The number of hydrogen-bond donors (Lipinski definition) is 1. The topological polar surface area (TPSA) is 49.4 Å². The molecule has 0 aromatic heterocycles. The van der Waals surface area contributed by atoms with E-state index in [0.717, 1.165) is 0 Å². The fraction of sp³-hybridized carbons (Fsp3) is 0.750. The fourth-order valence-electron chi connectivity index (χ4n) is 0.795. The zero-order valence-electron chi connectivity index (χ0n) is 8.13. The monoisotopic (exact) mass is 206 g/mol. The van der Waals surface area contributed by atoms with Gasteiger partial charge in [-0.1, -0.05) is 0 Å². The molecule has 0 heterocycles. The number of urea groups is 1. The van der Waals surface area contributed by atoms with E-state index >= 15 is 0 Å². The number of alkyl halides is 1. The minimum atomic E-state index is -0.681. The van der Waals surface area contributed by atoms with Gasteiger partial charge >= 0.3 is 6.03 Å². The van der Waals surface area contributed by atoms with Crippen molar-refractivity contribution in [3.63, 3.8) is 0 Å². The van der Waals surface area contributed by atoms with Crippen molar-refractivity contribution < 1.29 is 9.59 Å². The van der Waals surface area contributed by atoms with Crippen LogP contribution in [0.3, 0.4) is 0 Å². The van der Waals surface area contributed by atoms with Crippen LogP contribution in [0.25, 0.3) is 0 Å². The number of amides is 3. The van der Waals surface area contributed by atoms with E-state index in [4.69, 9.17) is 11.6 Å². The van der Waals surface area contributed by atoms with E-state index in [1.54, 1.807) is 0 Å². The Balaban J connectivity index is 4.06. The third-order valence-electron chi connectivity index (χ3n) is 1.64. The predicted molar refractivity (Wildman–Crippen MR) is 51.8 cm³/mol. The van der Waals surface area contributed by atoms with Crippen LogP contribution in [0.2, 0.25) is 0 Å². The molecule has 3 amide bonds. The lowest BCUT2D eigenvalue weighted by atomic mass is 10.4. The minimum Gasteiger partial charge on any atom is -0.325 e. The number of imide groups is 1. The lowest BCUT2D eigenvalue weighted by molar-refractivity contribution is -0.119. The molecule has 0 aliphatic carbocycles. The molecule has 0 aromatic rings. The Labute approximate surface area is 83.2 Å². The zero-order valence-corrected chi connectivity index (χ0v) is 8.89. The number of nitrogens with zero attached hydrogens (tertiary/aromatic N) is 1. The average molecular weight is 207 g/mol. The summed E-state index contributed by atoms with van der Waals surface area (Å²) < 4.78 is 0. The maximum Gasteiger partial charge on any atom is 0.324 e. The van der Waals surface area contributed by atoms with Gasteiger partial charge in [0, 0.05) is 13.1 Å². The van der Waals surface area contributed by atoms with E-state index in [0.29, 0.717) is 13.1 Å². The molecule has 0 aromatic carbocycles. The summed E-state index contributed by atoms with van der Waals surface area (Å²) in [6, 6.07) is -0.387. The molecule has 5 heteroatoms. The normalized spacial score (nSPS) is 12.0. The largest absolute Gasteiger partial charge is 0.325 e. The number of nitrogens with one attached hydrogen (secondary N) is 1. The molecular weight excluding hydrogens is 192 g/mol. The maximum atomic E-state index is 11.3. The van der Waals surface area contributed by atoms with Gasteiger partial charge in [-0.3, -0.25) is 10.1 Å². The number of carbonyl (C=O) groups excluding carboxylic acids is 2. The van der Waals surface area contributed by atoms with Gasteiger partial charge in [0.2, 0.25) is 5.91 Å². The van der Waals surface area contributed by atoms with Gasteiger partial charge in [-0.2, -0.15) is 0 Å². The molecule has 4 nitrogen and oxygen atoms in total. The van der Waals surface area contributed by atoms with Crippen LogP contribution in [-0.4, -0.2) is 35.3 Å². The Hall–Kier alpha value is -0.770. The van der Waals surface area contributed by atoms with Gasteiger partial charge in [-0.15, -0.1) is 11.6 Å². The van der Waals surface area contributed by atoms with Crippen molar-refractivity contribution >= 4 is 23.5 Å². The van der Waals surface area contributed by atoms with Gasteiger partial charge in [0.05, 0.1) is 0 Å². The summed E-state index contributed by atoms with van der Waals surface area (Å²) in [5, 5.41) is 1.52. The molecule has 76 valence electrons. The van der Waals surface area contributed by atoms with Crippen LogP contribution in [0.1, 0.15) is 20.8 Å².